The fraction of sp³-hybridized carbons (Fsp3) is 0.286. The predicted octanol–water partition coefficient (Wildman–Crippen LogP) is 3.43. The van der Waals surface area contributed by atoms with Crippen molar-refractivity contribution in [1.82, 2.24) is 4.31 Å². The molecular formula is C14H14F3NO3S. The summed E-state index contributed by atoms with van der Waals surface area (Å²) in [5.74, 6) is 0.949. The highest BCUT2D eigenvalue weighted by molar-refractivity contribution is 7.89. The smallest absolute Gasteiger partial charge is 0.417 e. The van der Waals surface area contributed by atoms with Gasteiger partial charge in [0.15, 0.2) is 0 Å². The first-order valence-corrected chi connectivity index (χ1v) is 7.74. The monoisotopic (exact) mass is 333 g/mol. The summed E-state index contributed by atoms with van der Waals surface area (Å²) in [6, 6.07) is 7.33. The fourth-order valence-corrected chi connectivity index (χ4v) is 3.31. The van der Waals surface area contributed by atoms with Crippen molar-refractivity contribution in [2.75, 3.05) is 7.05 Å². The molecule has 0 aliphatic rings. The number of hydrogen-bond acceptors (Lipinski definition) is 3. The molecular weight excluding hydrogens is 319 g/mol. The van der Waals surface area contributed by atoms with Gasteiger partial charge in [0.05, 0.1) is 17.0 Å². The van der Waals surface area contributed by atoms with E-state index in [0.29, 0.717) is 11.5 Å². The SMILES string of the molecule is Cc1ccc(CN(C)S(=O)(=O)c2ccccc2C(F)(F)F)o1. The van der Waals surface area contributed by atoms with Crippen LogP contribution in [0.4, 0.5) is 13.2 Å². The molecule has 0 amide bonds. The molecule has 4 nitrogen and oxygen atoms in total. The van der Waals surface area contributed by atoms with Gasteiger partial charge in [-0.05, 0) is 31.2 Å². The second-order valence-electron chi connectivity index (χ2n) is 4.77. The van der Waals surface area contributed by atoms with E-state index in [1.54, 1.807) is 19.1 Å². The van der Waals surface area contributed by atoms with E-state index in [4.69, 9.17) is 4.42 Å². The van der Waals surface area contributed by atoms with Gasteiger partial charge in [-0.25, -0.2) is 8.42 Å². The van der Waals surface area contributed by atoms with Gasteiger partial charge >= 0.3 is 6.18 Å². The second-order valence-corrected chi connectivity index (χ2v) is 6.78. The first-order chi connectivity index (χ1) is 10.1. The highest BCUT2D eigenvalue weighted by atomic mass is 32.2. The zero-order valence-electron chi connectivity index (χ0n) is 11.9. The summed E-state index contributed by atoms with van der Waals surface area (Å²) in [6.45, 7) is 1.54. The second kappa shape index (κ2) is 5.77. The summed E-state index contributed by atoms with van der Waals surface area (Å²) in [7, 11) is -3.08. The number of alkyl halides is 3. The zero-order chi connectivity index (χ0) is 16.5. The van der Waals surface area contributed by atoms with Gasteiger partial charge in [0.1, 0.15) is 11.5 Å². The molecule has 1 heterocycles. The van der Waals surface area contributed by atoms with Gasteiger partial charge in [0.25, 0.3) is 0 Å². The summed E-state index contributed by atoms with van der Waals surface area (Å²) in [4.78, 5) is -0.770. The molecule has 1 aromatic carbocycles. The minimum absolute atomic E-state index is 0.150. The van der Waals surface area contributed by atoms with Crippen LogP contribution < -0.4 is 0 Å². The van der Waals surface area contributed by atoms with Gasteiger partial charge in [-0.2, -0.15) is 17.5 Å². The van der Waals surface area contributed by atoms with E-state index in [1.807, 2.05) is 0 Å². The molecule has 0 spiro atoms. The Morgan fingerprint density at radius 2 is 1.77 bits per heavy atom. The highest BCUT2D eigenvalue weighted by Crippen LogP contribution is 2.35. The standard InChI is InChI=1S/C14H14F3NO3S/c1-10-7-8-11(21-10)9-18(2)22(19,20)13-6-4-3-5-12(13)14(15,16)17/h3-8H,9H2,1-2H3. The summed E-state index contributed by atoms with van der Waals surface area (Å²) < 4.78 is 69.8. The molecule has 0 atom stereocenters. The molecule has 120 valence electrons. The van der Waals surface area contributed by atoms with E-state index in [2.05, 4.69) is 0 Å². The lowest BCUT2D eigenvalue weighted by Crippen LogP contribution is -2.28. The van der Waals surface area contributed by atoms with Crippen molar-refractivity contribution in [2.24, 2.45) is 0 Å². The first kappa shape index (κ1) is 16.6. The average molecular weight is 333 g/mol. The molecule has 22 heavy (non-hydrogen) atoms. The van der Waals surface area contributed by atoms with Crippen LogP contribution in [-0.2, 0) is 22.7 Å². The molecule has 0 unspecified atom stereocenters. The van der Waals surface area contributed by atoms with Crippen molar-refractivity contribution < 1.29 is 26.0 Å². The summed E-state index contributed by atoms with van der Waals surface area (Å²) in [5.41, 5.74) is -1.18. The van der Waals surface area contributed by atoms with Crippen LogP contribution in [0.25, 0.3) is 0 Å². The van der Waals surface area contributed by atoms with Crippen molar-refractivity contribution in [2.45, 2.75) is 24.5 Å². The van der Waals surface area contributed by atoms with Gasteiger partial charge < -0.3 is 4.42 Å². The number of rotatable bonds is 4. The maximum absolute atomic E-state index is 13.0. The van der Waals surface area contributed by atoms with Gasteiger partial charge in [-0.15, -0.1) is 0 Å². The third-order valence-corrected chi connectivity index (χ3v) is 4.92. The van der Waals surface area contributed by atoms with Gasteiger partial charge in [-0.3, -0.25) is 0 Å². The largest absolute Gasteiger partial charge is 0.465 e. The average Bonchev–Trinajstić information content (AvgIpc) is 2.83. The van der Waals surface area contributed by atoms with E-state index in [1.165, 1.54) is 13.1 Å². The van der Waals surface area contributed by atoms with Crippen LogP contribution in [-0.4, -0.2) is 19.8 Å². The number of benzene rings is 1. The topological polar surface area (TPSA) is 50.5 Å². The number of hydrogen-bond donors (Lipinski definition) is 0. The summed E-state index contributed by atoms with van der Waals surface area (Å²) in [6.07, 6.45) is -4.74. The molecule has 0 aliphatic carbocycles. The lowest BCUT2D eigenvalue weighted by atomic mass is 10.2. The fourth-order valence-electron chi connectivity index (χ4n) is 1.97. The Bertz CT molecular complexity index is 766. The van der Waals surface area contributed by atoms with E-state index in [0.717, 1.165) is 22.5 Å². The Hall–Kier alpha value is -1.80. The molecule has 0 radical (unpaired) electrons. The lowest BCUT2D eigenvalue weighted by Gasteiger charge is -2.19. The molecule has 2 aromatic rings. The minimum Gasteiger partial charge on any atom is -0.465 e. The number of furan rings is 1. The van der Waals surface area contributed by atoms with Crippen molar-refractivity contribution in [3.05, 3.63) is 53.5 Å². The number of aryl methyl sites for hydroxylation is 1. The summed E-state index contributed by atoms with van der Waals surface area (Å²) >= 11 is 0. The maximum atomic E-state index is 13.0. The third kappa shape index (κ3) is 3.33. The van der Waals surface area contributed by atoms with Crippen molar-refractivity contribution in [1.29, 1.82) is 0 Å². The van der Waals surface area contributed by atoms with Crippen molar-refractivity contribution >= 4 is 10.0 Å². The molecule has 0 fully saturated rings. The van der Waals surface area contributed by atoms with E-state index in [-0.39, 0.29) is 6.54 Å². The van der Waals surface area contributed by atoms with E-state index >= 15 is 0 Å². The van der Waals surface area contributed by atoms with Crippen LogP contribution >= 0.6 is 0 Å². The van der Waals surface area contributed by atoms with Crippen LogP contribution in [0.15, 0.2) is 45.7 Å². The third-order valence-electron chi connectivity index (χ3n) is 3.06. The molecule has 8 heteroatoms. The van der Waals surface area contributed by atoms with Gasteiger partial charge in [0.2, 0.25) is 10.0 Å². The number of sulfonamides is 1. The Morgan fingerprint density at radius 3 is 2.32 bits per heavy atom. The normalized spacial score (nSPS) is 12.8. The Balaban J connectivity index is 2.38. The van der Waals surface area contributed by atoms with Gasteiger partial charge in [-0.1, -0.05) is 12.1 Å². The molecule has 0 bridgehead atoms. The Labute approximate surface area is 126 Å². The first-order valence-electron chi connectivity index (χ1n) is 6.30. The van der Waals surface area contributed by atoms with E-state index < -0.39 is 26.7 Å². The summed E-state index contributed by atoms with van der Waals surface area (Å²) in [5, 5.41) is 0. The van der Waals surface area contributed by atoms with E-state index in [9.17, 15) is 21.6 Å². The predicted molar refractivity (Wildman–Crippen MR) is 73.5 cm³/mol. The molecule has 2 rings (SSSR count). The molecule has 0 aliphatic heterocycles. The minimum atomic E-state index is -4.74. The molecule has 1 aromatic heterocycles. The van der Waals surface area contributed by atoms with Crippen LogP contribution in [0, 0.1) is 6.92 Å². The van der Waals surface area contributed by atoms with Crippen LogP contribution in [0.3, 0.4) is 0 Å². The molecule has 0 N–H and O–H groups in total. The Kier molecular flexibility index (Phi) is 4.35. The van der Waals surface area contributed by atoms with Crippen LogP contribution in [0.2, 0.25) is 0 Å². The number of halogens is 3. The van der Waals surface area contributed by atoms with Crippen molar-refractivity contribution in [3.8, 4) is 0 Å². The lowest BCUT2D eigenvalue weighted by molar-refractivity contribution is -0.139. The zero-order valence-corrected chi connectivity index (χ0v) is 12.7. The molecule has 0 saturated heterocycles. The van der Waals surface area contributed by atoms with Crippen molar-refractivity contribution in [3.63, 3.8) is 0 Å². The van der Waals surface area contributed by atoms with Crippen LogP contribution in [0.1, 0.15) is 17.1 Å². The Morgan fingerprint density at radius 1 is 1.14 bits per heavy atom. The maximum Gasteiger partial charge on any atom is 0.417 e. The highest BCUT2D eigenvalue weighted by Gasteiger charge is 2.38. The molecule has 0 saturated carbocycles. The quantitative estimate of drug-likeness (QED) is 0.861. The van der Waals surface area contributed by atoms with Gasteiger partial charge in [0, 0.05) is 7.05 Å². The van der Waals surface area contributed by atoms with Crippen LogP contribution in [0.5, 0.6) is 0 Å². The number of nitrogens with zero attached hydrogens (tertiary/aromatic N) is 1.